The highest BCUT2D eigenvalue weighted by Crippen LogP contribution is 2.28. The highest BCUT2D eigenvalue weighted by atomic mass is 35.5. The van der Waals surface area contributed by atoms with Crippen molar-refractivity contribution in [2.24, 2.45) is 0 Å². The van der Waals surface area contributed by atoms with Crippen molar-refractivity contribution < 1.29 is 0 Å². The average molecular weight is 258 g/mol. The summed E-state index contributed by atoms with van der Waals surface area (Å²) in [6.07, 6.45) is 2.44. The first-order valence-electron chi connectivity index (χ1n) is 6.40. The monoisotopic (exact) mass is 257 g/mol. The zero-order chi connectivity index (χ0) is 12.4. The molecule has 0 N–H and O–H groups in total. The van der Waals surface area contributed by atoms with E-state index in [0.29, 0.717) is 0 Å². The summed E-state index contributed by atoms with van der Waals surface area (Å²) in [7, 11) is 0. The molecular weight excluding hydrogens is 242 g/mol. The van der Waals surface area contributed by atoms with Crippen LogP contribution < -0.4 is 4.90 Å². The van der Waals surface area contributed by atoms with E-state index in [1.54, 1.807) is 0 Å². The topological polar surface area (TPSA) is 3.24 Å². The smallest absolute Gasteiger partial charge is 0.0429 e. The molecule has 2 aromatic rings. The lowest BCUT2D eigenvalue weighted by molar-refractivity contribution is 0.691. The lowest BCUT2D eigenvalue weighted by Crippen LogP contribution is -2.28. The molecule has 1 heterocycles. The molecule has 3 rings (SSSR count). The molecular formula is C16H16ClN. The quantitative estimate of drug-likeness (QED) is 0.776. The molecule has 0 spiro atoms. The highest BCUT2D eigenvalue weighted by Gasteiger charge is 2.15. The number of nitrogens with zero attached hydrogens (tertiary/aromatic N) is 1. The molecule has 1 nitrogen and oxygen atoms in total. The molecule has 0 amide bonds. The fraction of sp³-hybridized carbons (Fsp3) is 0.250. The van der Waals surface area contributed by atoms with Crippen LogP contribution in [-0.2, 0) is 13.0 Å². The molecule has 0 atom stereocenters. The molecule has 2 aromatic carbocycles. The fourth-order valence-electron chi connectivity index (χ4n) is 2.59. The second-order valence-electron chi connectivity index (χ2n) is 4.78. The molecule has 0 bridgehead atoms. The molecule has 1 aliphatic heterocycles. The number of para-hydroxylation sites is 1. The van der Waals surface area contributed by atoms with E-state index in [1.165, 1.54) is 29.7 Å². The first-order chi connectivity index (χ1) is 8.83. The molecule has 0 aliphatic carbocycles. The normalized spacial score (nSPS) is 14.4. The zero-order valence-electron chi connectivity index (χ0n) is 10.3. The maximum Gasteiger partial charge on any atom is 0.0429 e. The van der Waals surface area contributed by atoms with E-state index in [0.717, 1.165) is 18.1 Å². The average Bonchev–Trinajstić information content (AvgIpc) is 2.42. The number of benzene rings is 2. The second kappa shape index (κ2) is 5.03. The van der Waals surface area contributed by atoms with Crippen LogP contribution in [0.1, 0.15) is 17.5 Å². The van der Waals surface area contributed by atoms with E-state index in [4.69, 9.17) is 11.6 Å². The van der Waals surface area contributed by atoms with Crippen LogP contribution in [0.25, 0.3) is 0 Å². The maximum absolute atomic E-state index is 5.92. The molecule has 2 heteroatoms. The number of hydrogen-bond donors (Lipinski definition) is 0. The molecule has 18 heavy (non-hydrogen) atoms. The van der Waals surface area contributed by atoms with Crippen molar-refractivity contribution in [1.82, 2.24) is 0 Å². The Morgan fingerprint density at radius 1 is 1.00 bits per heavy atom. The Hall–Kier alpha value is -1.47. The number of rotatable bonds is 2. The van der Waals surface area contributed by atoms with E-state index in [-0.39, 0.29) is 0 Å². The lowest BCUT2D eigenvalue weighted by atomic mass is 10.0. The van der Waals surface area contributed by atoms with Crippen LogP contribution in [0.4, 0.5) is 5.69 Å². The molecule has 1 aliphatic rings. The Bertz CT molecular complexity index is 533. The van der Waals surface area contributed by atoms with Crippen molar-refractivity contribution >= 4 is 17.3 Å². The molecule has 92 valence electrons. The van der Waals surface area contributed by atoms with Crippen molar-refractivity contribution in [3.8, 4) is 0 Å². The molecule has 0 unspecified atom stereocenters. The van der Waals surface area contributed by atoms with Gasteiger partial charge in [0, 0.05) is 23.8 Å². The summed E-state index contributed by atoms with van der Waals surface area (Å²) >= 11 is 5.92. The number of aryl methyl sites for hydroxylation is 1. The minimum atomic E-state index is 0.804. The van der Waals surface area contributed by atoms with E-state index in [9.17, 15) is 0 Å². The predicted molar refractivity (Wildman–Crippen MR) is 77.3 cm³/mol. The van der Waals surface area contributed by atoms with Gasteiger partial charge in [-0.2, -0.15) is 0 Å². The minimum Gasteiger partial charge on any atom is -0.367 e. The first-order valence-corrected chi connectivity index (χ1v) is 6.78. The predicted octanol–water partition coefficient (Wildman–Crippen LogP) is 4.29. The van der Waals surface area contributed by atoms with Crippen LogP contribution in [-0.4, -0.2) is 6.54 Å². The number of fused-ring (bicyclic) bond motifs is 1. The van der Waals surface area contributed by atoms with Gasteiger partial charge in [0.15, 0.2) is 0 Å². The van der Waals surface area contributed by atoms with Crippen LogP contribution >= 0.6 is 11.6 Å². The summed E-state index contributed by atoms with van der Waals surface area (Å²) in [6, 6.07) is 16.9. The standard InChI is InChI=1S/C16H16ClN/c17-15-9-7-13(8-10-15)12-18-11-3-5-14-4-1-2-6-16(14)18/h1-2,4,6-10H,3,5,11-12H2. The Morgan fingerprint density at radius 2 is 1.78 bits per heavy atom. The summed E-state index contributed by atoms with van der Waals surface area (Å²) < 4.78 is 0. The first kappa shape index (κ1) is 11.6. The van der Waals surface area contributed by atoms with Gasteiger partial charge in [0.05, 0.1) is 0 Å². The van der Waals surface area contributed by atoms with Gasteiger partial charge in [0.2, 0.25) is 0 Å². The van der Waals surface area contributed by atoms with Crippen molar-refractivity contribution in [2.75, 3.05) is 11.4 Å². The van der Waals surface area contributed by atoms with Crippen LogP contribution in [0.15, 0.2) is 48.5 Å². The minimum absolute atomic E-state index is 0.804. The highest BCUT2D eigenvalue weighted by molar-refractivity contribution is 6.30. The fourth-order valence-corrected chi connectivity index (χ4v) is 2.71. The van der Waals surface area contributed by atoms with Gasteiger partial charge in [-0.1, -0.05) is 41.9 Å². The summed E-state index contributed by atoms with van der Waals surface area (Å²) in [4.78, 5) is 2.46. The van der Waals surface area contributed by atoms with E-state index < -0.39 is 0 Å². The lowest BCUT2D eigenvalue weighted by Gasteiger charge is -2.31. The van der Waals surface area contributed by atoms with Gasteiger partial charge in [0.1, 0.15) is 0 Å². The summed E-state index contributed by atoms with van der Waals surface area (Å²) in [5.74, 6) is 0. The van der Waals surface area contributed by atoms with Gasteiger partial charge in [-0.25, -0.2) is 0 Å². The van der Waals surface area contributed by atoms with Crippen LogP contribution in [0.5, 0.6) is 0 Å². The molecule has 0 saturated heterocycles. The van der Waals surface area contributed by atoms with E-state index in [2.05, 4.69) is 41.3 Å². The summed E-state index contributed by atoms with van der Waals surface area (Å²) in [5, 5.41) is 0.804. The number of halogens is 1. The van der Waals surface area contributed by atoms with Gasteiger partial charge >= 0.3 is 0 Å². The number of anilines is 1. The largest absolute Gasteiger partial charge is 0.367 e. The third kappa shape index (κ3) is 2.37. The van der Waals surface area contributed by atoms with Gasteiger partial charge in [-0.05, 0) is 42.2 Å². The van der Waals surface area contributed by atoms with Gasteiger partial charge in [-0.15, -0.1) is 0 Å². The Balaban J connectivity index is 1.84. The van der Waals surface area contributed by atoms with Crippen LogP contribution in [0.2, 0.25) is 5.02 Å². The molecule has 0 aromatic heterocycles. The number of hydrogen-bond acceptors (Lipinski definition) is 1. The maximum atomic E-state index is 5.92. The Labute approximate surface area is 113 Å². The molecule has 0 radical (unpaired) electrons. The Morgan fingerprint density at radius 3 is 2.61 bits per heavy atom. The van der Waals surface area contributed by atoms with Gasteiger partial charge in [-0.3, -0.25) is 0 Å². The molecule has 0 saturated carbocycles. The van der Waals surface area contributed by atoms with E-state index >= 15 is 0 Å². The zero-order valence-corrected chi connectivity index (χ0v) is 11.0. The van der Waals surface area contributed by atoms with Crippen molar-refractivity contribution in [2.45, 2.75) is 19.4 Å². The van der Waals surface area contributed by atoms with Crippen molar-refractivity contribution in [3.05, 3.63) is 64.7 Å². The summed E-state index contributed by atoms with van der Waals surface area (Å²) in [6.45, 7) is 2.10. The van der Waals surface area contributed by atoms with Crippen LogP contribution in [0, 0.1) is 0 Å². The molecule has 0 fully saturated rings. The third-order valence-electron chi connectivity index (χ3n) is 3.49. The third-order valence-corrected chi connectivity index (χ3v) is 3.75. The van der Waals surface area contributed by atoms with Gasteiger partial charge in [0.25, 0.3) is 0 Å². The summed E-state index contributed by atoms with van der Waals surface area (Å²) in [5.41, 5.74) is 4.17. The van der Waals surface area contributed by atoms with E-state index in [1.807, 2.05) is 12.1 Å². The van der Waals surface area contributed by atoms with Crippen molar-refractivity contribution in [1.29, 1.82) is 0 Å². The SMILES string of the molecule is Clc1ccc(CN2CCCc3ccccc32)cc1. The van der Waals surface area contributed by atoms with Crippen molar-refractivity contribution in [3.63, 3.8) is 0 Å². The van der Waals surface area contributed by atoms with Crippen LogP contribution in [0.3, 0.4) is 0 Å². The Kier molecular flexibility index (Phi) is 3.24. The van der Waals surface area contributed by atoms with Gasteiger partial charge < -0.3 is 4.90 Å². The second-order valence-corrected chi connectivity index (χ2v) is 5.22.